The molecule has 0 bridgehead atoms. The van der Waals surface area contributed by atoms with E-state index in [-0.39, 0.29) is 13.0 Å². The number of esters is 1. The van der Waals surface area contributed by atoms with Crippen LogP contribution in [0.25, 0.3) is 0 Å². The Morgan fingerprint density at radius 1 is 1.39 bits per heavy atom. The fraction of sp³-hybridized carbons (Fsp3) is 0.833. The van der Waals surface area contributed by atoms with Gasteiger partial charge in [-0.3, -0.25) is 14.9 Å². The summed E-state index contributed by atoms with van der Waals surface area (Å²) in [6.07, 6.45) is 1.98. The van der Waals surface area contributed by atoms with Crippen molar-refractivity contribution < 1.29 is 19.2 Å². The van der Waals surface area contributed by atoms with Crippen molar-refractivity contribution in [2.24, 2.45) is 11.8 Å². The minimum absolute atomic E-state index is 0.154. The van der Waals surface area contributed by atoms with Crippen molar-refractivity contribution in [2.75, 3.05) is 6.61 Å². The van der Waals surface area contributed by atoms with Crippen LogP contribution in [0.1, 0.15) is 40.0 Å². The molecule has 0 aliphatic heterocycles. The van der Waals surface area contributed by atoms with E-state index in [4.69, 9.17) is 4.74 Å². The fourth-order valence-electron chi connectivity index (χ4n) is 2.06. The van der Waals surface area contributed by atoms with Crippen LogP contribution in [0, 0.1) is 22.0 Å². The minimum Gasteiger partial charge on any atom is -0.466 e. The average molecular weight is 259 g/mol. The van der Waals surface area contributed by atoms with E-state index in [1.807, 2.05) is 6.92 Å². The summed E-state index contributed by atoms with van der Waals surface area (Å²) < 4.78 is 4.86. The summed E-state index contributed by atoms with van der Waals surface area (Å²) in [6.45, 7) is 5.29. The van der Waals surface area contributed by atoms with E-state index in [9.17, 15) is 19.7 Å². The normalized spacial score (nSPS) is 15.5. The molecule has 0 heterocycles. The molecule has 0 radical (unpaired) electrons. The van der Waals surface area contributed by atoms with Crippen LogP contribution in [0.15, 0.2) is 0 Å². The van der Waals surface area contributed by atoms with Crippen LogP contribution in [0.2, 0.25) is 0 Å². The molecule has 0 rings (SSSR count). The molecule has 0 unspecified atom stereocenters. The van der Waals surface area contributed by atoms with E-state index in [2.05, 4.69) is 0 Å². The predicted molar refractivity (Wildman–Crippen MR) is 65.7 cm³/mol. The number of hydrogen-bond donors (Lipinski definition) is 0. The minimum atomic E-state index is -1.06. The second-order valence-electron chi connectivity index (χ2n) is 4.13. The number of nitrogens with zero attached hydrogens (tertiary/aromatic N) is 1. The van der Waals surface area contributed by atoms with Gasteiger partial charge >= 0.3 is 5.97 Å². The number of ether oxygens (including phenoxy) is 1. The molecule has 0 fully saturated rings. The first-order chi connectivity index (χ1) is 8.53. The predicted octanol–water partition coefficient (Wildman–Crippen LogP) is 1.84. The van der Waals surface area contributed by atoms with Gasteiger partial charge in [0.1, 0.15) is 12.2 Å². The zero-order valence-electron chi connectivity index (χ0n) is 11.1. The lowest BCUT2D eigenvalue weighted by Crippen LogP contribution is -2.41. The molecular weight excluding hydrogens is 238 g/mol. The van der Waals surface area contributed by atoms with E-state index in [0.29, 0.717) is 19.1 Å². The zero-order chi connectivity index (χ0) is 14.1. The molecule has 0 N–H and O–H groups in total. The van der Waals surface area contributed by atoms with Gasteiger partial charge in [-0.2, -0.15) is 0 Å². The van der Waals surface area contributed by atoms with Crippen LogP contribution in [0.3, 0.4) is 0 Å². The Balaban J connectivity index is 5.17. The van der Waals surface area contributed by atoms with Gasteiger partial charge in [-0.15, -0.1) is 0 Å². The van der Waals surface area contributed by atoms with Gasteiger partial charge in [-0.25, -0.2) is 0 Å². The summed E-state index contributed by atoms with van der Waals surface area (Å²) in [6, 6.07) is -1.06. The molecule has 3 atom stereocenters. The molecule has 0 aliphatic carbocycles. The van der Waals surface area contributed by atoms with Gasteiger partial charge in [0.15, 0.2) is 0 Å². The smallest absolute Gasteiger partial charge is 0.316 e. The quantitative estimate of drug-likeness (QED) is 0.273. The average Bonchev–Trinajstić information content (AvgIpc) is 2.33. The van der Waals surface area contributed by atoms with Crippen LogP contribution in [-0.4, -0.2) is 29.8 Å². The van der Waals surface area contributed by atoms with Crippen molar-refractivity contribution in [3.63, 3.8) is 0 Å². The van der Waals surface area contributed by atoms with Crippen LogP contribution < -0.4 is 0 Å². The Kier molecular flexibility index (Phi) is 7.91. The zero-order valence-corrected chi connectivity index (χ0v) is 11.1. The van der Waals surface area contributed by atoms with E-state index >= 15 is 0 Å². The lowest BCUT2D eigenvalue weighted by Gasteiger charge is -2.23. The lowest BCUT2D eigenvalue weighted by atomic mass is 9.83. The number of nitro groups is 1. The Morgan fingerprint density at radius 3 is 2.33 bits per heavy atom. The monoisotopic (exact) mass is 259 g/mol. The van der Waals surface area contributed by atoms with Crippen molar-refractivity contribution in [2.45, 2.75) is 46.1 Å². The summed E-state index contributed by atoms with van der Waals surface area (Å²) in [5, 5.41) is 11.0. The summed E-state index contributed by atoms with van der Waals surface area (Å²) in [4.78, 5) is 33.4. The number of carbonyl (C=O) groups is 2. The van der Waals surface area contributed by atoms with Crippen molar-refractivity contribution in [1.29, 1.82) is 0 Å². The Labute approximate surface area is 107 Å². The first-order valence-corrected chi connectivity index (χ1v) is 6.28. The largest absolute Gasteiger partial charge is 0.466 e. The summed E-state index contributed by atoms with van der Waals surface area (Å²) >= 11 is 0. The van der Waals surface area contributed by atoms with Gasteiger partial charge in [0, 0.05) is 17.3 Å². The van der Waals surface area contributed by atoms with E-state index < -0.39 is 28.8 Å². The van der Waals surface area contributed by atoms with Crippen LogP contribution >= 0.6 is 0 Å². The highest BCUT2D eigenvalue weighted by Crippen LogP contribution is 2.24. The second-order valence-corrected chi connectivity index (χ2v) is 4.13. The third-order valence-corrected chi connectivity index (χ3v) is 2.92. The standard InChI is InChI=1S/C12H21NO5/c1-4-7-9(8-14)11(12(15)18-6-3)10(5-2)13(16)17/h8-11H,4-7H2,1-3H3/t9-,10+,11+/m0/s1. The molecule has 18 heavy (non-hydrogen) atoms. The van der Waals surface area contributed by atoms with Crippen molar-refractivity contribution >= 4 is 12.3 Å². The van der Waals surface area contributed by atoms with Crippen molar-refractivity contribution in [3.05, 3.63) is 10.1 Å². The van der Waals surface area contributed by atoms with E-state index in [1.165, 1.54) is 0 Å². The highest BCUT2D eigenvalue weighted by Gasteiger charge is 2.42. The Morgan fingerprint density at radius 2 is 2.00 bits per heavy atom. The third-order valence-electron chi connectivity index (χ3n) is 2.92. The molecule has 104 valence electrons. The summed E-state index contributed by atoms with van der Waals surface area (Å²) in [7, 11) is 0. The molecule has 0 aromatic rings. The van der Waals surface area contributed by atoms with Crippen molar-refractivity contribution in [1.82, 2.24) is 0 Å². The molecular formula is C12H21NO5. The van der Waals surface area contributed by atoms with Gasteiger partial charge in [-0.05, 0) is 13.3 Å². The van der Waals surface area contributed by atoms with E-state index in [1.54, 1.807) is 13.8 Å². The van der Waals surface area contributed by atoms with Gasteiger partial charge in [0.05, 0.1) is 6.61 Å². The topological polar surface area (TPSA) is 86.5 Å². The maximum Gasteiger partial charge on any atom is 0.316 e. The SMILES string of the molecule is CCC[C@@H](C=O)[C@@H](C(=O)OCC)[C@@H](CC)[N+](=O)[O-]. The maximum absolute atomic E-state index is 11.8. The number of carbonyl (C=O) groups excluding carboxylic acids is 2. The Bertz CT molecular complexity index is 292. The molecule has 0 aromatic heterocycles. The number of aldehydes is 1. The van der Waals surface area contributed by atoms with Gasteiger partial charge < -0.3 is 9.53 Å². The first kappa shape index (κ1) is 16.5. The van der Waals surface area contributed by atoms with Crippen LogP contribution in [0.4, 0.5) is 0 Å². The van der Waals surface area contributed by atoms with Crippen LogP contribution in [-0.2, 0) is 14.3 Å². The maximum atomic E-state index is 11.8. The Hall–Kier alpha value is -1.46. The number of rotatable bonds is 9. The van der Waals surface area contributed by atoms with Gasteiger partial charge in [0.2, 0.25) is 6.04 Å². The summed E-state index contributed by atoms with van der Waals surface area (Å²) in [5.41, 5.74) is 0. The molecule has 0 saturated carbocycles. The molecule has 0 aliphatic rings. The molecule has 0 amide bonds. The van der Waals surface area contributed by atoms with Crippen LogP contribution in [0.5, 0.6) is 0 Å². The second kappa shape index (κ2) is 8.60. The molecule has 0 saturated heterocycles. The molecule has 0 spiro atoms. The van der Waals surface area contributed by atoms with Gasteiger partial charge in [-0.1, -0.05) is 20.3 Å². The van der Waals surface area contributed by atoms with Gasteiger partial charge in [0.25, 0.3) is 0 Å². The highest BCUT2D eigenvalue weighted by molar-refractivity contribution is 5.77. The fourth-order valence-corrected chi connectivity index (χ4v) is 2.06. The number of hydrogen-bond acceptors (Lipinski definition) is 5. The molecule has 0 aromatic carbocycles. The van der Waals surface area contributed by atoms with E-state index in [0.717, 1.165) is 0 Å². The van der Waals surface area contributed by atoms with Crippen molar-refractivity contribution in [3.8, 4) is 0 Å². The highest BCUT2D eigenvalue weighted by atomic mass is 16.6. The molecule has 6 heteroatoms. The molecule has 6 nitrogen and oxygen atoms in total. The first-order valence-electron chi connectivity index (χ1n) is 6.28. The summed E-state index contributed by atoms with van der Waals surface area (Å²) in [5.74, 6) is -2.28. The lowest BCUT2D eigenvalue weighted by molar-refractivity contribution is -0.531. The third kappa shape index (κ3) is 4.43.